The summed E-state index contributed by atoms with van der Waals surface area (Å²) in [6, 6.07) is 5.65. The van der Waals surface area contributed by atoms with E-state index < -0.39 is 0 Å². The summed E-state index contributed by atoms with van der Waals surface area (Å²) in [4.78, 5) is 11.4. The summed E-state index contributed by atoms with van der Waals surface area (Å²) < 4.78 is 10.5. The number of rotatable bonds is 3. The monoisotopic (exact) mass is 235 g/mol. The SMILES string of the molecule is CCOC(=O)CC1COc2cc(N)ccc2C1. The predicted molar refractivity (Wildman–Crippen MR) is 64.8 cm³/mol. The largest absolute Gasteiger partial charge is 0.493 e. The molecule has 0 spiro atoms. The highest BCUT2D eigenvalue weighted by Gasteiger charge is 2.22. The Bertz CT molecular complexity index is 417. The van der Waals surface area contributed by atoms with E-state index in [0.717, 1.165) is 17.7 Å². The van der Waals surface area contributed by atoms with Gasteiger partial charge in [0, 0.05) is 17.7 Å². The molecule has 1 aromatic carbocycles. The lowest BCUT2D eigenvalue weighted by Gasteiger charge is -2.24. The number of nitrogen functional groups attached to an aromatic ring is 1. The molecule has 92 valence electrons. The van der Waals surface area contributed by atoms with Crippen LogP contribution in [0.2, 0.25) is 0 Å². The number of anilines is 1. The fourth-order valence-electron chi connectivity index (χ4n) is 2.04. The molecule has 0 saturated carbocycles. The summed E-state index contributed by atoms with van der Waals surface area (Å²) in [5.74, 6) is 0.885. The first-order chi connectivity index (χ1) is 8.19. The van der Waals surface area contributed by atoms with Crippen LogP contribution in [0.4, 0.5) is 5.69 Å². The van der Waals surface area contributed by atoms with Crippen LogP contribution in [-0.4, -0.2) is 19.2 Å². The molecule has 1 aliphatic heterocycles. The van der Waals surface area contributed by atoms with Crippen molar-refractivity contribution in [1.82, 2.24) is 0 Å². The van der Waals surface area contributed by atoms with Crippen LogP contribution in [-0.2, 0) is 16.0 Å². The molecule has 1 atom stereocenters. The third-order valence-electron chi connectivity index (χ3n) is 2.84. The summed E-state index contributed by atoms with van der Waals surface area (Å²) in [5.41, 5.74) is 7.50. The highest BCUT2D eigenvalue weighted by atomic mass is 16.5. The molecule has 0 bridgehead atoms. The predicted octanol–water partition coefficient (Wildman–Crippen LogP) is 1.77. The third kappa shape index (κ3) is 2.90. The zero-order valence-corrected chi connectivity index (χ0v) is 9.94. The van der Waals surface area contributed by atoms with Crippen LogP contribution in [0, 0.1) is 5.92 Å². The molecule has 4 heteroatoms. The number of fused-ring (bicyclic) bond motifs is 1. The van der Waals surface area contributed by atoms with Gasteiger partial charge in [-0.3, -0.25) is 4.79 Å². The molecule has 1 unspecified atom stereocenters. The quantitative estimate of drug-likeness (QED) is 0.640. The molecule has 4 nitrogen and oxygen atoms in total. The van der Waals surface area contributed by atoms with Gasteiger partial charge in [-0.1, -0.05) is 6.07 Å². The van der Waals surface area contributed by atoms with Crippen LogP contribution in [0.1, 0.15) is 18.9 Å². The summed E-state index contributed by atoms with van der Waals surface area (Å²) in [6.45, 7) is 2.79. The zero-order valence-electron chi connectivity index (χ0n) is 9.94. The smallest absolute Gasteiger partial charge is 0.306 e. The second-order valence-electron chi connectivity index (χ2n) is 4.26. The molecule has 2 rings (SSSR count). The van der Waals surface area contributed by atoms with Crippen LogP contribution < -0.4 is 10.5 Å². The number of esters is 1. The topological polar surface area (TPSA) is 61.5 Å². The molecule has 0 amide bonds. The van der Waals surface area contributed by atoms with Crippen molar-refractivity contribution in [2.75, 3.05) is 18.9 Å². The minimum absolute atomic E-state index is 0.153. The van der Waals surface area contributed by atoms with E-state index in [1.54, 1.807) is 0 Å². The molecule has 2 N–H and O–H groups in total. The lowest BCUT2D eigenvalue weighted by Crippen LogP contribution is -2.24. The van der Waals surface area contributed by atoms with E-state index >= 15 is 0 Å². The molecule has 0 aliphatic carbocycles. The summed E-state index contributed by atoms with van der Waals surface area (Å²) >= 11 is 0. The summed E-state index contributed by atoms with van der Waals surface area (Å²) in [6.07, 6.45) is 1.26. The molecular weight excluding hydrogens is 218 g/mol. The number of ether oxygens (including phenoxy) is 2. The van der Waals surface area contributed by atoms with Gasteiger partial charge in [0.1, 0.15) is 5.75 Å². The van der Waals surface area contributed by atoms with Crippen molar-refractivity contribution in [3.05, 3.63) is 23.8 Å². The second-order valence-corrected chi connectivity index (χ2v) is 4.26. The Morgan fingerprint density at radius 2 is 2.41 bits per heavy atom. The Kier molecular flexibility index (Phi) is 3.52. The Balaban J connectivity index is 1.99. The molecule has 1 heterocycles. The van der Waals surface area contributed by atoms with E-state index in [0.29, 0.717) is 25.3 Å². The van der Waals surface area contributed by atoms with Gasteiger partial charge in [-0.25, -0.2) is 0 Å². The maximum absolute atomic E-state index is 11.4. The van der Waals surface area contributed by atoms with E-state index in [2.05, 4.69) is 0 Å². The van der Waals surface area contributed by atoms with E-state index in [9.17, 15) is 4.79 Å². The zero-order chi connectivity index (χ0) is 12.3. The highest BCUT2D eigenvalue weighted by molar-refractivity contribution is 5.69. The Hall–Kier alpha value is -1.71. The Morgan fingerprint density at radius 3 is 3.18 bits per heavy atom. The number of hydrogen-bond donors (Lipinski definition) is 1. The van der Waals surface area contributed by atoms with E-state index in [1.807, 2.05) is 25.1 Å². The van der Waals surface area contributed by atoms with Crippen LogP contribution in [0.3, 0.4) is 0 Å². The lowest BCUT2D eigenvalue weighted by molar-refractivity contribution is -0.144. The highest BCUT2D eigenvalue weighted by Crippen LogP contribution is 2.30. The average Bonchev–Trinajstić information content (AvgIpc) is 2.29. The number of carbonyl (C=O) groups is 1. The first-order valence-corrected chi connectivity index (χ1v) is 5.86. The van der Waals surface area contributed by atoms with Gasteiger partial charge in [0.05, 0.1) is 19.6 Å². The summed E-state index contributed by atoms with van der Waals surface area (Å²) in [7, 11) is 0. The molecule has 1 aliphatic rings. The Morgan fingerprint density at radius 1 is 1.59 bits per heavy atom. The van der Waals surface area contributed by atoms with Gasteiger partial charge < -0.3 is 15.2 Å². The molecule has 0 saturated heterocycles. The van der Waals surface area contributed by atoms with Gasteiger partial charge in [0.25, 0.3) is 0 Å². The molecule has 0 radical (unpaired) electrons. The van der Waals surface area contributed by atoms with Crippen LogP contribution >= 0.6 is 0 Å². The van der Waals surface area contributed by atoms with Crippen molar-refractivity contribution in [2.24, 2.45) is 5.92 Å². The van der Waals surface area contributed by atoms with Crippen molar-refractivity contribution in [2.45, 2.75) is 19.8 Å². The summed E-state index contributed by atoms with van der Waals surface area (Å²) in [5, 5.41) is 0. The van der Waals surface area contributed by atoms with Crippen LogP contribution in [0.15, 0.2) is 18.2 Å². The molecule has 0 aromatic heterocycles. The van der Waals surface area contributed by atoms with E-state index in [4.69, 9.17) is 15.2 Å². The van der Waals surface area contributed by atoms with Gasteiger partial charge in [0.15, 0.2) is 0 Å². The van der Waals surface area contributed by atoms with Gasteiger partial charge in [-0.15, -0.1) is 0 Å². The van der Waals surface area contributed by atoms with Crippen molar-refractivity contribution in [3.63, 3.8) is 0 Å². The molecule has 1 aromatic rings. The molecule has 17 heavy (non-hydrogen) atoms. The van der Waals surface area contributed by atoms with Gasteiger partial charge in [-0.2, -0.15) is 0 Å². The number of benzene rings is 1. The number of hydrogen-bond acceptors (Lipinski definition) is 4. The minimum Gasteiger partial charge on any atom is -0.493 e. The standard InChI is InChI=1S/C13H17NO3/c1-2-16-13(15)6-9-5-10-3-4-11(14)7-12(10)17-8-9/h3-4,7,9H,2,5-6,8,14H2,1H3. The second kappa shape index (κ2) is 5.08. The first kappa shape index (κ1) is 11.8. The third-order valence-corrected chi connectivity index (χ3v) is 2.84. The fourth-order valence-corrected chi connectivity index (χ4v) is 2.04. The van der Waals surface area contributed by atoms with E-state index in [-0.39, 0.29) is 11.9 Å². The fraction of sp³-hybridized carbons (Fsp3) is 0.462. The van der Waals surface area contributed by atoms with Crippen LogP contribution in [0.25, 0.3) is 0 Å². The molecular formula is C13H17NO3. The van der Waals surface area contributed by atoms with E-state index in [1.165, 1.54) is 0 Å². The van der Waals surface area contributed by atoms with Crippen molar-refractivity contribution in [1.29, 1.82) is 0 Å². The number of carbonyl (C=O) groups excluding carboxylic acids is 1. The maximum atomic E-state index is 11.4. The van der Waals surface area contributed by atoms with Gasteiger partial charge in [0.2, 0.25) is 0 Å². The van der Waals surface area contributed by atoms with Crippen molar-refractivity contribution < 1.29 is 14.3 Å². The Labute approximate surface area is 101 Å². The minimum atomic E-state index is -0.153. The average molecular weight is 235 g/mol. The lowest BCUT2D eigenvalue weighted by atomic mass is 9.94. The first-order valence-electron chi connectivity index (χ1n) is 5.86. The normalized spacial score (nSPS) is 18.1. The maximum Gasteiger partial charge on any atom is 0.306 e. The van der Waals surface area contributed by atoms with Crippen LogP contribution in [0.5, 0.6) is 5.75 Å². The number of nitrogens with two attached hydrogens (primary N) is 1. The van der Waals surface area contributed by atoms with Crippen molar-refractivity contribution >= 4 is 11.7 Å². The van der Waals surface area contributed by atoms with Gasteiger partial charge >= 0.3 is 5.97 Å². The molecule has 0 fully saturated rings. The van der Waals surface area contributed by atoms with Crippen molar-refractivity contribution in [3.8, 4) is 5.75 Å². The van der Waals surface area contributed by atoms with Gasteiger partial charge in [-0.05, 0) is 25.0 Å².